The molecule has 0 amide bonds. The summed E-state index contributed by atoms with van der Waals surface area (Å²) in [5, 5.41) is 11.2. The Morgan fingerprint density at radius 2 is 1.94 bits per heavy atom. The normalized spacial score (nSPS) is 18.3. The van der Waals surface area contributed by atoms with Gasteiger partial charge in [-0.3, -0.25) is 4.90 Å². The van der Waals surface area contributed by atoms with Crippen molar-refractivity contribution in [3.05, 3.63) is 64.7 Å². The highest BCUT2D eigenvalue weighted by Gasteiger charge is 2.37. The van der Waals surface area contributed by atoms with Crippen molar-refractivity contribution in [3.63, 3.8) is 0 Å². The van der Waals surface area contributed by atoms with E-state index >= 15 is 0 Å². The Morgan fingerprint density at radius 3 is 2.77 bits per heavy atom. The second kappa shape index (κ2) is 7.65. The summed E-state index contributed by atoms with van der Waals surface area (Å²) in [5.41, 5.74) is 7.79. The van der Waals surface area contributed by atoms with Gasteiger partial charge in [0.2, 0.25) is 6.79 Å². The minimum Gasteiger partial charge on any atom is -0.504 e. The van der Waals surface area contributed by atoms with E-state index in [-0.39, 0.29) is 18.6 Å². The van der Waals surface area contributed by atoms with Crippen LogP contribution in [0.5, 0.6) is 23.0 Å². The van der Waals surface area contributed by atoms with Crippen LogP contribution in [0.25, 0.3) is 22.4 Å². The highest BCUT2D eigenvalue weighted by Crippen LogP contribution is 2.49. The predicted molar refractivity (Wildman–Crippen MR) is 132 cm³/mol. The first-order valence-electron chi connectivity index (χ1n) is 12.2. The molecule has 178 valence electrons. The number of benzene rings is 3. The first-order valence-corrected chi connectivity index (χ1v) is 12.2. The maximum absolute atomic E-state index is 11.2. The number of phenolic OH excluding ortho intramolecular Hbond substituents is 1. The number of imidazole rings is 1. The van der Waals surface area contributed by atoms with Crippen LogP contribution in [0.3, 0.4) is 0 Å². The van der Waals surface area contributed by atoms with Crippen LogP contribution < -0.4 is 14.2 Å². The SMILES string of the molecule is CCn1c(-c2cc(OC)c(O)c3c2CC2c4cc5c(cc4CCN2C3)OCO5)nc2ccccc21. The summed E-state index contributed by atoms with van der Waals surface area (Å²) >= 11 is 0. The topological polar surface area (TPSA) is 69.0 Å². The Labute approximate surface area is 203 Å². The second-order valence-electron chi connectivity index (χ2n) is 9.45. The molecule has 35 heavy (non-hydrogen) atoms. The fraction of sp³-hybridized carbons (Fsp3) is 0.321. The first kappa shape index (κ1) is 20.6. The van der Waals surface area contributed by atoms with Crippen LogP contribution in [-0.2, 0) is 25.9 Å². The summed E-state index contributed by atoms with van der Waals surface area (Å²) in [6.07, 6.45) is 1.73. The van der Waals surface area contributed by atoms with Crippen molar-refractivity contribution in [1.82, 2.24) is 14.5 Å². The molecule has 0 spiro atoms. The van der Waals surface area contributed by atoms with E-state index in [9.17, 15) is 5.11 Å². The predicted octanol–water partition coefficient (Wildman–Crippen LogP) is 4.82. The largest absolute Gasteiger partial charge is 0.504 e. The summed E-state index contributed by atoms with van der Waals surface area (Å²) in [6, 6.07) is 14.7. The molecule has 7 heteroatoms. The molecule has 0 saturated heterocycles. The van der Waals surface area contributed by atoms with E-state index in [4.69, 9.17) is 19.2 Å². The van der Waals surface area contributed by atoms with E-state index in [0.29, 0.717) is 12.3 Å². The van der Waals surface area contributed by atoms with Crippen LogP contribution in [0.1, 0.15) is 35.2 Å². The number of phenols is 1. The van der Waals surface area contributed by atoms with E-state index in [2.05, 4.69) is 40.7 Å². The Hall–Kier alpha value is -3.71. The van der Waals surface area contributed by atoms with Crippen LogP contribution >= 0.6 is 0 Å². The molecule has 0 fully saturated rings. The van der Waals surface area contributed by atoms with E-state index in [1.54, 1.807) is 7.11 Å². The minimum absolute atomic E-state index is 0.201. The third-order valence-electron chi connectivity index (χ3n) is 7.78. The smallest absolute Gasteiger partial charge is 0.231 e. The Morgan fingerprint density at radius 1 is 1.11 bits per heavy atom. The van der Waals surface area contributed by atoms with Gasteiger partial charge in [-0.1, -0.05) is 12.1 Å². The number of hydrogen-bond acceptors (Lipinski definition) is 6. The molecule has 3 aliphatic rings. The maximum Gasteiger partial charge on any atom is 0.231 e. The lowest BCUT2D eigenvalue weighted by Gasteiger charge is -2.42. The highest BCUT2D eigenvalue weighted by molar-refractivity contribution is 5.82. The van der Waals surface area contributed by atoms with Crippen molar-refractivity contribution >= 4 is 11.0 Å². The second-order valence-corrected chi connectivity index (χ2v) is 9.45. The van der Waals surface area contributed by atoms with Crippen molar-refractivity contribution < 1.29 is 19.3 Å². The number of rotatable bonds is 3. The van der Waals surface area contributed by atoms with E-state index in [1.807, 2.05) is 18.2 Å². The molecular formula is C28H27N3O4. The zero-order valence-corrected chi connectivity index (χ0v) is 19.9. The van der Waals surface area contributed by atoms with Crippen LogP contribution in [0, 0.1) is 0 Å². The Kier molecular flexibility index (Phi) is 4.51. The minimum atomic E-state index is 0.201. The van der Waals surface area contributed by atoms with Gasteiger partial charge in [0.25, 0.3) is 0 Å². The molecule has 7 nitrogen and oxygen atoms in total. The average molecular weight is 470 g/mol. The highest BCUT2D eigenvalue weighted by atomic mass is 16.7. The van der Waals surface area contributed by atoms with Gasteiger partial charge in [-0.25, -0.2) is 4.98 Å². The summed E-state index contributed by atoms with van der Waals surface area (Å²) < 4.78 is 19.2. The van der Waals surface area contributed by atoms with Crippen molar-refractivity contribution in [2.24, 2.45) is 0 Å². The van der Waals surface area contributed by atoms with Crippen molar-refractivity contribution in [2.75, 3.05) is 20.4 Å². The number of hydrogen-bond donors (Lipinski definition) is 1. The molecule has 1 N–H and O–H groups in total. The number of ether oxygens (including phenoxy) is 3. The lowest BCUT2D eigenvalue weighted by molar-refractivity contribution is 0.158. The van der Waals surface area contributed by atoms with Crippen molar-refractivity contribution in [2.45, 2.75) is 38.9 Å². The molecule has 4 aromatic rings. The van der Waals surface area contributed by atoms with Gasteiger partial charge in [0.05, 0.1) is 18.1 Å². The molecule has 4 heterocycles. The molecule has 0 radical (unpaired) electrons. The number of para-hydroxylation sites is 2. The molecule has 3 aliphatic heterocycles. The van der Waals surface area contributed by atoms with Gasteiger partial charge in [-0.05, 0) is 66.8 Å². The molecule has 0 saturated carbocycles. The van der Waals surface area contributed by atoms with Crippen LogP contribution in [0.4, 0.5) is 0 Å². The lowest BCUT2D eigenvalue weighted by atomic mass is 9.81. The number of aromatic hydroxyl groups is 1. The number of aryl methyl sites for hydroxylation is 1. The zero-order valence-electron chi connectivity index (χ0n) is 19.9. The van der Waals surface area contributed by atoms with Gasteiger partial charge in [-0.2, -0.15) is 0 Å². The van der Waals surface area contributed by atoms with Gasteiger partial charge in [-0.15, -0.1) is 0 Å². The summed E-state index contributed by atoms with van der Waals surface area (Å²) in [4.78, 5) is 7.50. The van der Waals surface area contributed by atoms with Gasteiger partial charge < -0.3 is 23.9 Å². The standard InChI is InChI=1S/C28H27N3O4/c1-3-31-22-7-5-4-6-21(22)29-28(31)19-13-26(33-2)27(32)20-14-30-9-8-16-10-24-25(35-15-34-24)12-17(16)23(30)11-18(19)20/h4-7,10,12-13,23,32H,3,8-9,11,14-15H2,1-2H3. The molecule has 1 aromatic heterocycles. The van der Waals surface area contributed by atoms with Crippen LogP contribution in [0.2, 0.25) is 0 Å². The lowest BCUT2D eigenvalue weighted by Crippen LogP contribution is -2.39. The fourth-order valence-corrected chi connectivity index (χ4v) is 6.07. The van der Waals surface area contributed by atoms with Gasteiger partial charge in [0.1, 0.15) is 5.82 Å². The molecule has 0 aliphatic carbocycles. The Bertz CT molecular complexity index is 1490. The van der Waals surface area contributed by atoms with Crippen LogP contribution in [-0.4, -0.2) is 40.0 Å². The summed E-state index contributed by atoms with van der Waals surface area (Å²) in [5.74, 6) is 3.31. The monoisotopic (exact) mass is 469 g/mol. The van der Waals surface area contributed by atoms with Crippen molar-refractivity contribution in [1.29, 1.82) is 0 Å². The average Bonchev–Trinajstić information content (AvgIpc) is 3.50. The number of nitrogens with zero attached hydrogens (tertiary/aromatic N) is 3. The molecule has 3 aromatic carbocycles. The molecule has 0 bridgehead atoms. The van der Waals surface area contributed by atoms with Gasteiger partial charge >= 0.3 is 0 Å². The maximum atomic E-state index is 11.2. The number of aromatic nitrogens is 2. The zero-order chi connectivity index (χ0) is 23.7. The third kappa shape index (κ3) is 2.97. The first-order chi connectivity index (χ1) is 17.2. The van der Waals surface area contributed by atoms with Gasteiger partial charge in [0, 0.05) is 36.8 Å². The molecular weight excluding hydrogens is 442 g/mol. The molecule has 7 rings (SSSR count). The summed E-state index contributed by atoms with van der Waals surface area (Å²) in [6.45, 7) is 4.81. The Balaban J connectivity index is 1.42. The van der Waals surface area contributed by atoms with Crippen LogP contribution in [0.15, 0.2) is 42.5 Å². The summed E-state index contributed by atoms with van der Waals surface area (Å²) in [7, 11) is 1.61. The number of methoxy groups -OCH3 is 1. The number of fused-ring (bicyclic) bond motifs is 6. The third-order valence-corrected chi connectivity index (χ3v) is 7.78. The van der Waals surface area contributed by atoms with E-state index < -0.39 is 0 Å². The van der Waals surface area contributed by atoms with E-state index in [0.717, 1.165) is 71.0 Å². The molecule has 1 atom stereocenters. The molecule has 1 unspecified atom stereocenters. The fourth-order valence-electron chi connectivity index (χ4n) is 6.07. The quantitative estimate of drug-likeness (QED) is 0.464. The van der Waals surface area contributed by atoms with E-state index in [1.165, 1.54) is 11.1 Å². The van der Waals surface area contributed by atoms with Gasteiger partial charge in [0.15, 0.2) is 23.0 Å². The van der Waals surface area contributed by atoms with Crippen molar-refractivity contribution in [3.8, 4) is 34.4 Å².